The predicted molar refractivity (Wildman–Crippen MR) is 95.5 cm³/mol. The third-order valence-electron chi connectivity index (χ3n) is 4.43. The zero-order valence-electron chi connectivity index (χ0n) is 15.2. The highest BCUT2D eigenvalue weighted by Crippen LogP contribution is 2.32. The number of aromatic nitrogens is 3. The summed E-state index contributed by atoms with van der Waals surface area (Å²) in [6.45, 7) is 8.52. The van der Waals surface area contributed by atoms with Crippen molar-refractivity contribution in [2.75, 3.05) is 13.2 Å². The van der Waals surface area contributed by atoms with E-state index in [0.717, 1.165) is 37.5 Å². The predicted octanol–water partition coefficient (Wildman–Crippen LogP) is 3.31. The van der Waals surface area contributed by atoms with E-state index in [1.807, 2.05) is 36.1 Å². The van der Waals surface area contributed by atoms with Crippen LogP contribution in [-0.4, -0.2) is 38.7 Å². The van der Waals surface area contributed by atoms with Crippen molar-refractivity contribution in [2.24, 2.45) is 5.92 Å². The number of carbonyl (C=O) groups is 1. The Morgan fingerprint density at radius 2 is 2.08 bits per heavy atom. The maximum atomic E-state index is 13.0. The van der Waals surface area contributed by atoms with E-state index in [4.69, 9.17) is 4.74 Å². The molecule has 0 spiro atoms. The largest absolute Gasteiger partial charge is 0.494 e. The van der Waals surface area contributed by atoms with E-state index in [9.17, 15) is 4.79 Å². The molecule has 0 saturated carbocycles. The minimum absolute atomic E-state index is 0.000295. The molecule has 1 unspecified atom stereocenters. The second-order valence-electron chi connectivity index (χ2n) is 6.85. The summed E-state index contributed by atoms with van der Waals surface area (Å²) < 4.78 is 7.53. The van der Waals surface area contributed by atoms with Crippen LogP contribution in [0.4, 0.5) is 0 Å². The van der Waals surface area contributed by atoms with Gasteiger partial charge in [-0.1, -0.05) is 13.8 Å². The van der Waals surface area contributed by atoms with E-state index in [1.165, 1.54) is 0 Å². The van der Waals surface area contributed by atoms with Gasteiger partial charge in [-0.2, -0.15) is 0 Å². The Hall–Kier alpha value is -2.37. The van der Waals surface area contributed by atoms with Gasteiger partial charge in [0.05, 0.1) is 12.6 Å². The van der Waals surface area contributed by atoms with Gasteiger partial charge in [0.1, 0.15) is 12.1 Å². The van der Waals surface area contributed by atoms with Crippen LogP contribution in [-0.2, 0) is 6.54 Å². The van der Waals surface area contributed by atoms with Crippen molar-refractivity contribution < 1.29 is 9.53 Å². The molecule has 1 aliphatic heterocycles. The third kappa shape index (κ3) is 3.83. The molecule has 2 heterocycles. The molecular weight excluding hydrogens is 316 g/mol. The summed E-state index contributed by atoms with van der Waals surface area (Å²) in [7, 11) is 0. The number of benzene rings is 1. The highest BCUT2D eigenvalue weighted by Gasteiger charge is 2.33. The Balaban J connectivity index is 1.79. The van der Waals surface area contributed by atoms with E-state index >= 15 is 0 Å². The van der Waals surface area contributed by atoms with Gasteiger partial charge in [-0.3, -0.25) is 4.79 Å². The molecule has 25 heavy (non-hydrogen) atoms. The van der Waals surface area contributed by atoms with E-state index in [1.54, 1.807) is 6.33 Å². The van der Waals surface area contributed by atoms with Gasteiger partial charge in [0, 0.05) is 18.7 Å². The van der Waals surface area contributed by atoms with Crippen molar-refractivity contribution in [1.29, 1.82) is 0 Å². The molecule has 3 rings (SSSR count). The number of likely N-dealkylation sites (tertiary alicyclic amines) is 1. The van der Waals surface area contributed by atoms with Crippen LogP contribution in [0.3, 0.4) is 0 Å². The highest BCUT2D eigenvalue weighted by atomic mass is 16.5. The first-order valence-electron chi connectivity index (χ1n) is 9.01. The second-order valence-corrected chi connectivity index (χ2v) is 6.85. The van der Waals surface area contributed by atoms with E-state index in [2.05, 4.69) is 28.6 Å². The van der Waals surface area contributed by atoms with Gasteiger partial charge < -0.3 is 14.2 Å². The standard InChI is InChI=1S/C19H26N4O2/c1-4-25-16-9-7-15(8-10-16)19(24)23-11-5-6-17(23)18-21-20-13-22(18)12-14(2)3/h7-10,13-14,17H,4-6,11-12H2,1-3H3. The van der Waals surface area contributed by atoms with Crippen LogP contribution in [0.2, 0.25) is 0 Å². The van der Waals surface area contributed by atoms with Gasteiger partial charge >= 0.3 is 0 Å². The first-order chi connectivity index (χ1) is 12.1. The van der Waals surface area contributed by atoms with Crippen molar-refractivity contribution in [1.82, 2.24) is 19.7 Å². The molecule has 1 aliphatic rings. The van der Waals surface area contributed by atoms with E-state index in [0.29, 0.717) is 18.1 Å². The lowest BCUT2D eigenvalue weighted by atomic mass is 10.1. The van der Waals surface area contributed by atoms with Crippen molar-refractivity contribution in [3.63, 3.8) is 0 Å². The van der Waals surface area contributed by atoms with E-state index in [-0.39, 0.29) is 11.9 Å². The Labute approximate surface area is 148 Å². The number of ether oxygens (including phenoxy) is 1. The van der Waals surface area contributed by atoms with Crippen LogP contribution in [0, 0.1) is 5.92 Å². The quantitative estimate of drug-likeness (QED) is 0.808. The smallest absolute Gasteiger partial charge is 0.254 e. The SMILES string of the molecule is CCOc1ccc(C(=O)N2CCCC2c2nncn2CC(C)C)cc1. The molecule has 6 nitrogen and oxygen atoms in total. The fourth-order valence-corrected chi connectivity index (χ4v) is 3.36. The Kier molecular flexibility index (Phi) is 5.36. The Morgan fingerprint density at radius 1 is 1.32 bits per heavy atom. The highest BCUT2D eigenvalue weighted by molar-refractivity contribution is 5.94. The van der Waals surface area contributed by atoms with Gasteiger partial charge in [-0.15, -0.1) is 10.2 Å². The lowest BCUT2D eigenvalue weighted by Gasteiger charge is -2.25. The maximum Gasteiger partial charge on any atom is 0.254 e. The number of rotatable bonds is 6. The van der Waals surface area contributed by atoms with E-state index < -0.39 is 0 Å². The topological polar surface area (TPSA) is 60.2 Å². The van der Waals surface area contributed by atoms with Crippen LogP contribution < -0.4 is 4.74 Å². The fourth-order valence-electron chi connectivity index (χ4n) is 3.36. The molecule has 1 aromatic heterocycles. The minimum atomic E-state index is 0.000295. The van der Waals surface area contributed by atoms with Crippen molar-refractivity contribution in [3.8, 4) is 5.75 Å². The first-order valence-corrected chi connectivity index (χ1v) is 9.01. The minimum Gasteiger partial charge on any atom is -0.494 e. The summed E-state index contributed by atoms with van der Waals surface area (Å²) in [5.74, 6) is 2.23. The summed E-state index contributed by atoms with van der Waals surface area (Å²) in [6.07, 6.45) is 3.69. The summed E-state index contributed by atoms with van der Waals surface area (Å²) in [5, 5.41) is 8.39. The van der Waals surface area contributed by atoms with Crippen LogP contribution >= 0.6 is 0 Å². The third-order valence-corrected chi connectivity index (χ3v) is 4.43. The van der Waals surface area contributed by atoms with Crippen LogP contribution in [0.1, 0.15) is 55.8 Å². The zero-order valence-corrected chi connectivity index (χ0v) is 15.2. The van der Waals surface area contributed by atoms with Crippen LogP contribution in [0.5, 0.6) is 5.75 Å². The van der Waals surface area contributed by atoms with Crippen LogP contribution in [0.15, 0.2) is 30.6 Å². The van der Waals surface area contributed by atoms with Crippen molar-refractivity contribution >= 4 is 5.91 Å². The molecule has 0 aliphatic carbocycles. The Morgan fingerprint density at radius 3 is 2.76 bits per heavy atom. The molecule has 0 N–H and O–H groups in total. The Bertz CT molecular complexity index is 708. The molecule has 0 radical (unpaired) electrons. The normalized spacial score (nSPS) is 17.3. The molecule has 2 aromatic rings. The molecular formula is C19H26N4O2. The fraction of sp³-hybridized carbons (Fsp3) is 0.526. The second kappa shape index (κ2) is 7.68. The number of hydrogen-bond acceptors (Lipinski definition) is 4. The molecule has 6 heteroatoms. The van der Waals surface area contributed by atoms with Gasteiger partial charge in [0.2, 0.25) is 0 Å². The molecule has 1 saturated heterocycles. The van der Waals surface area contributed by atoms with Gasteiger partial charge in [0.25, 0.3) is 5.91 Å². The number of carbonyl (C=O) groups excluding carboxylic acids is 1. The summed E-state index contributed by atoms with van der Waals surface area (Å²) in [5.41, 5.74) is 0.685. The molecule has 0 bridgehead atoms. The number of hydrogen-bond donors (Lipinski definition) is 0. The monoisotopic (exact) mass is 342 g/mol. The lowest BCUT2D eigenvalue weighted by molar-refractivity contribution is 0.0727. The molecule has 1 amide bonds. The van der Waals surface area contributed by atoms with Crippen molar-refractivity contribution in [2.45, 2.75) is 46.2 Å². The maximum absolute atomic E-state index is 13.0. The van der Waals surface area contributed by atoms with Gasteiger partial charge in [-0.05, 0) is 49.9 Å². The summed E-state index contributed by atoms with van der Waals surface area (Å²) >= 11 is 0. The van der Waals surface area contributed by atoms with Crippen molar-refractivity contribution in [3.05, 3.63) is 42.0 Å². The molecule has 1 aromatic carbocycles. The first kappa shape index (κ1) is 17.5. The average molecular weight is 342 g/mol. The molecule has 1 atom stereocenters. The van der Waals surface area contributed by atoms with Gasteiger partial charge in [0.15, 0.2) is 5.82 Å². The lowest BCUT2D eigenvalue weighted by Crippen LogP contribution is -2.32. The van der Waals surface area contributed by atoms with Crippen LogP contribution in [0.25, 0.3) is 0 Å². The number of nitrogens with zero attached hydrogens (tertiary/aromatic N) is 4. The molecule has 1 fully saturated rings. The summed E-state index contributed by atoms with van der Waals surface area (Å²) in [4.78, 5) is 14.9. The average Bonchev–Trinajstić information content (AvgIpc) is 3.23. The summed E-state index contributed by atoms with van der Waals surface area (Å²) in [6, 6.07) is 7.37. The van der Waals surface area contributed by atoms with Gasteiger partial charge in [-0.25, -0.2) is 0 Å². The number of amides is 1. The molecule has 134 valence electrons. The zero-order chi connectivity index (χ0) is 17.8.